The van der Waals surface area contributed by atoms with Gasteiger partial charge in [-0.05, 0) is 71.1 Å². The number of nitrogens with one attached hydrogen (secondary N) is 2. The number of carbonyl (C=O) groups excluding carboxylic acids is 2. The van der Waals surface area contributed by atoms with Crippen LogP contribution in [0.1, 0.15) is 26.4 Å². The zero-order chi connectivity index (χ0) is 29.1. The SMILES string of the molecule is COc1ccc(Cl)cc1C(=O)Oc1ccc(Br)cc1C=NNC(=O)c1[nH]c2c(I)cccc2c1-c1ccccc1Cl. The molecule has 206 valence electrons. The van der Waals surface area contributed by atoms with Crippen LogP contribution in [0.15, 0.2) is 88.4 Å². The van der Waals surface area contributed by atoms with Gasteiger partial charge in [0.1, 0.15) is 22.8 Å². The summed E-state index contributed by atoms with van der Waals surface area (Å²) in [6, 6.07) is 22.8. The van der Waals surface area contributed by atoms with E-state index >= 15 is 0 Å². The Kier molecular flexibility index (Phi) is 8.98. The predicted molar refractivity (Wildman–Crippen MR) is 174 cm³/mol. The summed E-state index contributed by atoms with van der Waals surface area (Å²) in [5.74, 6) is -0.598. The number of hydrogen-bond donors (Lipinski definition) is 2. The van der Waals surface area contributed by atoms with Crippen LogP contribution in [-0.2, 0) is 0 Å². The molecule has 7 nitrogen and oxygen atoms in total. The number of halogens is 4. The summed E-state index contributed by atoms with van der Waals surface area (Å²) in [5, 5.41) is 5.90. The van der Waals surface area contributed by atoms with Crippen molar-refractivity contribution in [2.45, 2.75) is 0 Å². The number of methoxy groups -OCH3 is 1. The molecule has 2 N–H and O–H groups in total. The minimum Gasteiger partial charge on any atom is -0.496 e. The molecule has 1 amide bonds. The van der Waals surface area contributed by atoms with E-state index in [0.29, 0.717) is 38.2 Å². The first-order valence-electron chi connectivity index (χ1n) is 12.0. The maximum atomic E-state index is 13.4. The number of hydrazone groups is 1. The Balaban J connectivity index is 1.44. The third-order valence-corrected chi connectivity index (χ3v) is 8.04. The van der Waals surface area contributed by atoms with Gasteiger partial charge in [-0.25, -0.2) is 10.2 Å². The molecule has 0 radical (unpaired) electrons. The first kappa shape index (κ1) is 29.1. The molecule has 11 heteroatoms. The van der Waals surface area contributed by atoms with E-state index in [9.17, 15) is 9.59 Å². The van der Waals surface area contributed by atoms with Crippen LogP contribution in [-0.4, -0.2) is 30.2 Å². The van der Waals surface area contributed by atoms with Gasteiger partial charge in [-0.3, -0.25) is 4.79 Å². The Morgan fingerprint density at radius 1 is 1.00 bits per heavy atom. The summed E-state index contributed by atoms with van der Waals surface area (Å²) in [5.41, 5.74) is 5.69. The Labute approximate surface area is 267 Å². The number of benzene rings is 4. The third-order valence-electron chi connectivity index (χ3n) is 6.08. The van der Waals surface area contributed by atoms with Gasteiger partial charge in [0.2, 0.25) is 0 Å². The topological polar surface area (TPSA) is 92.8 Å². The second-order valence-electron chi connectivity index (χ2n) is 8.63. The summed E-state index contributed by atoms with van der Waals surface area (Å²) in [7, 11) is 1.45. The van der Waals surface area contributed by atoms with E-state index < -0.39 is 11.9 Å². The molecule has 0 spiro atoms. The first-order valence-corrected chi connectivity index (χ1v) is 14.6. The predicted octanol–water partition coefficient (Wildman–Crippen LogP) is 8.50. The Hall–Kier alpha value is -3.38. The van der Waals surface area contributed by atoms with Crippen LogP contribution in [0.2, 0.25) is 10.0 Å². The van der Waals surface area contributed by atoms with Gasteiger partial charge in [-0.1, -0.05) is 69.5 Å². The zero-order valence-electron chi connectivity index (χ0n) is 21.2. The largest absolute Gasteiger partial charge is 0.496 e. The van der Waals surface area contributed by atoms with Crippen molar-refractivity contribution in [1.29, 1.82) is 0 Å². The number of para-hydroxylation sites is 1. The standard InChI is InChI=1S/C30H19BrCl2IN3O4/c1-40-25-12-10-18(32)14-21(25)30(39)41-24-11-9-17(31)13-16(24)15-35-37-29(38)28-26(19-5-2-3-7-22(19)33)20-6-4-8-23(34)27(20)36-28/h2-15,36H,1H3,(H,37,38). The number of ether oxygens (including phenoxy) is 2. The van der Waals surface area contributed by atoms with Crippen LogP contribution in [0.5, 0.6) is 11.5 Å². The molecule has 5 aromatic rings. The number of carbonyl (C=O) groups is 2. The van der Waals surface area contributed by atoms with Crippen molar-refractivity contribution >= 4 is 90.7 Å². The van der Waals surface area contributed by atoms with Gasteiger partial charge >= 0.3 is 5.97 Å². The number of fused-ring (bicyclic) bond motifs is 1. The minimum atomic E-state index is -0.664. The van der Waals surface area contributed by atoms with Crippen LogP contribution in [0.25, 0.3) is 22.0 Å². The van der Waals surface area contributed by atoms with Crippen molar-refractivity contribution in [2.75, 3.05) is 7.11 Å². The minimum absolute atomic E-state index is 0.166. The second kappa shape index (κ2) is 12.6. The summed E-state index contributed by atoms with van der Waals surface area (Å²) in [6.07, 6.45) is 1.39. The summed E-state index contributed by atoms with van der Waals surface area (Å²) < 4.78 is 12.6. The molecule has 0 bridgehead atoms. The molecule has 41 heavy (non-hydrogen) atoms. The number of esters is 1. The van der Waals surface area contributed by atoms with Crippen LogP contribution in [0, 0.1) is 3.57 Å². The Morgan fingerprint density at radius 3 is 2.56 bits per heavy atom. The number of aromatic nitrogens is 1. The van der Waals surface area contributed by atoms with E-state index in [4.69, 9.17) is 32.7 Å². The van der Waals surface area contributed by atoms with Gasteiger partial charge in [-0.2, -0.15) is 5.10 Å². The number of hydrogen-bond acceptors (Lipinski definition) is 5. The molecule has 0 unspecified atom stereocenters. The number of nitrogens with zero attached hydrogens (tertiary/aromatic N) is 1. The lowest BCUT2D eigenvalue weighted by atomic mass is 10.0. The monoisotopic (exact) mass is 761 g/mol. The molecule has 0 atom stereocenters. The van der Waals surface area contributed by atoms with Gasteiger partial charge in [0.25, 0.3) is 5.91 Å². The summed E-state index contributed by atoms with van der Waals surface area (Å²) >= 11 is 18.2. The molecule has 0 saturated heterocycles. The lowest BCUT2D eigenvalue weighted by molar-refractivity contribution is 0.0730. The molecular weight excluding hydrogens is 744 g/mol. The fourth-order valence-corrected chi connectivity index (χ4v) is 5.63. The summed E-state index contributed by atoms with van der Waals surface area (Å²) in [4.78, 5) is 29.6. The second-order valence-corrected chi connectivity index (χ2v) is 11.6. The molecule has 0 aliphatic rings. The maximum Gasteiger partial charge on any atom is 0.347 e. The van der Waals surface area contributed by atoms with Gasteiger partial charge in [0.15, 0.2) is 0 Å². The van der Waals surface area contributed by atoms with Crippen molar-refractivity contribution in [3.05, 3.63) is 114 Å². The van der Waals surface area contributed by atoms with E-state index in [1.165, 1.54) is 19.4 Å². The normalized spacial score (nSPS) is 11.1. The fraction of sp³-hybridized carbons (Fsp3) is 0.0333. The molecular formula is C30H19BrCl2IN3O4. The summed E-state index contributed by atoms with van der Waals surface area (Å²) in [6.45, 7) is 0. The molecule has 5 rings (SSSR count). The van der Waals surface area contributed by atoms with Gasteiger partial charge < -0.3 is 14.5 Å². The van der Waals surface area contributed by atoms with Crippen molar-refractivity contribution in [1.82, 2.24) is 10.4 Å². The molecule has 1 heterocycles. The average Bonchev–Trinajstić information content (AvgIpc) is 3.35. The molecule has 0 saturated carbocycles. The smallest absolute Gasteiger partial charge is 0.347 e. The Bertz CT molecular complexity index is 1840. The maximum absolute atomic E-state index is 13.4. The van der Waals surface area contributed by atoms with E-state index in [1.807, 2.05) is 36.4 Å². The van der Waals surface area contributed by atoms with Crippen LogP contribution in [0.4, 0.5) is 0 Å². The lowest BCUT2D eigenvalue weighted by Gasteiger charge is -2.11. The highest BCUT2D eigenvalue weighted by molar-refractivity contribution is 14.1. The van der Waals surface area contributed by atoms with Gasteiger partial charge in [-0.15, -0.1) is 0 Å². The number of amides is 1. The van der Waals surface area contributed by atoms with Crippen LogP contribution < -0.4 is 14.9 Å². The van der Waals surface area contributed by atoms with E-state index in [-0.39, 0.29) is 11.3 Å². The zero-order valence-corrected chi connectivity index (χ0v) is 26.4. The number of aromatic amines is 1. The van der Waals surface area contributed by atoms with Crippen molar-refractivity contribution < 1.29 is 19.1 Å². The highest BCUT2D eigenvalue weighted by Crippen LogP contribution is 2.38. The lowest BCUT2D eigenvalue weighted by Crippen LogP contribution is -2.19. The van der Waals surface area contributed by atoms with Crippen molar-refractivity contribution in [2.24, 2.45) is 5.10 Å². The molecule has 4 aromatic carbocycles. The molecule has 0 fully saturated rings. The number of rotatable bonds is 7. The van der Waals surface area contributed by atoms with Crippen LogP contribution >= 0.6 is 61.7 Å². The average molecular weight is 763 g/mol. The quantitative estimate of drug-likeness (QED) is 0.0572. The van der Waals surface area contributed by atoms with Crippen LogP contribution in [0.3, 0.4) is 0 Å². The molecule has 0 aliphatic heterocycles. The highest BCUT2D eigenvalue weighted by atomic mass is 127. The van der Waals surface area contributed by atoms with Crippen molar-refractivity contribution in [3.63, 3.8) is 0 Å². The molecule has 1 aromatic heterocycles. The van der Waals surface area contributed by atoms with E-state index in [1.54, 1.807) is 36.4 Å². The van der Waals surface area contributed by atoms with Crippen molar-refractivity contribution in [3.8, 4) is 22.6 Å². The fourth-order valence-electron chi connectivity index (χ4n) is 4.22. The van der Waals surface area contributed by atoms with Gasteiger partial charge in [0, 0.05) is 40.2 Å². The first-order chi connectivity index (χ1) is 19.8. The third kappa shape index (κ3) is 6.28. The number of H-pyrrole nitrogens is 1. The van der Waals surface area contributed by atoms with Gasteiger partial charge in [0.05, 0.1) is 18.8 Å². The Morgan fingerprint density at radius 2 is 1.78 bits per heavy atom. The van der Waals surface area contributed by atoms with E-state index in [0.717, 1.165) is 18.9 Å². The molecule has 0 aliphatic carbocycles. The van der Waals surface area contributed by atoms with E-state index in [2.05, 4.69) is 54.0 Å². The highest BCUT2D eigenvalue weighted by Gasteiger charge is 2.22.